The van der Waals surface area contributed by atoms with Crippen LogP contribution in [0.25, 0.3) is 10.9 Å². The molecule has 0 aliphatic heterocycles. The maximum atomic E-state index is 11.3. The highest BCUT2D eigenvalue weighted by atomic mass is 16.4. The molecule has 0 radical (unpaired) electrons. The van der Waals surface area contributed by atoms with E-state index in [0.717, 1.165) is 11.1 Å². The number of aryl methyl sites for hydroxylation is 2. The molecule has 4 nitrogen and oxygen atoms in total. The van der Waals surface area contributed by atoms with Gasteiger partial charge in [0, 0.05) is 0 Å². The Morgan fingerprint density at radius 1 is 1.21 bits per heavy atom. The molecule has 0 saturated heterocycles. The highest BCUT2D eigenvalue weighted by molar-refractivity contribution is 5.81. The van der Waals surface area contributed by atoms with E-state index in [1.807, 2.05) is 19.9 Å². The van der Waals surface area contributed by atoms with E-state index in [0.29, 0.717) is 10.9 Å². The number of hydrogen-bond acceptors (Lipinski definition) is 3. The Labute approximate surface area is 79.2 Å². The topological polar surface area (TPSA) is 63.1 Å². The van der Waals surface area contributed by atoms with Gasteiger partial charge in [-0.2, -0.15) is 0 Å². The molecule has 2 rings (SSSR count). The third-order valence-electron chi connectivity index (χ3n) is 2.37. The molecule has 2 aromatic rings. The second kappa shape index (κ2) is 2.83. The summed E-state index contributed by atoms with van der Waals surface area (Å²) < 4.78 is 4.42. The summed E-state index contributed by atoms with van der Waals surface area (Å²) >= 11 is 0. The van der Waals surface area contributed by atoms with Crippen LogP contribution >= 0.6 is 0 Å². The van der Waals surface area contributed by atoms with Crippen LogP contribution in [0, 0.1) is 13.8 Å². The van der Waals surface area contributed by atoms with Gasteiger partial charge in [0.15, 0.2) is 0 Å². The lowest BCUT2D eigenvalue weighted by Gasteiger charge is -2.02. The Morgan fingerprint density at radius 2 is 1.93 bits per heavy atom. The van der Waals surface area contributed by atoms with E-state index in [1.54, 1.807) is 6.07 Å². The maximum Gasteiger partial charge on any atom is 0.419 e. The quantitative estimate of drug-likeness (QED) is 0.678. The van der Waals surface area contributed by atoms with Gasteiger partial charge in [0.05, 0.1) is 10.9 Å². The third kappa shape index (κ3) is 1.16. The van der Waals surface area contributed by atoms with Gasteiger partial charge in [0.1, 0.15) is 0 Å². The van der Waals surface area contributed by atoms with Crippen LogP contribution in [-0.4, -0.2) is 4.98 Å². The summed E-state index contributed by atoms with van der Waals surface area (Å²) in [6.45, 7) is 3.77. The summed E-state index contributed by atoms with van der Waals surface area (Å²) in [5.41, 5.74) is 1.89. The molecule has 0 amide bonds. The Balaban J connectivity index is 3.10. The molecule has 1 N–H and O–H groups in total. The fourth-order valence-electron chi connectivity index (χ4n) is 1.41. The maximum absolute atomic E-state index is 11.3. The summed E-state index contributed by atoms with van der Waals surface area (Å²) in [6, 6.07) is 3.48. The van der Waals surface area contributed by atoms with Gasteiger partial charge >= 0.3 is 11.4 Å². The standard InChI is InChI=1S/C10H9NO3/c1-5-3-4-7-8(6(5)2)11-10(13)14-9(7)12/h3-4H,1-2H3,(H,11,13). The number of H-pyrrole nitrogens is 1. The number of hydrogen-bond donors (Lipinski definition) is 1. The largest absolute Gasteiger partial charge is 0.419 e. The van der Waals surface area contributed by atoms with Crippen molar-refractivity contribution in [3.63, 3.8) is 0 Å². The van der Waals surface area contributed by atoms with Gasteiger partial charge in [0.2, 0.25) is 0 Å². The molecule has 1 aromatic heterocycles. The van der Waals surface area contributed by atoms with Crippen LogP contribution in [0.2, 0.25) is 0 Å². The molecule has 72 valence electrons. The van der Waals surface area contributed by atoms with E-state index in [4.69, 9.17) is 0 Å². The summed E-state index contributed by atoms with van der Waals surface area (Å²) in [6.07, 6.45) is 0. The molecule has 0 unspecified atom stereocenters. The number of aromatic amines is 1. The molecule has 4 heteroatoms. The van der Waals surface area contributed by atoms with Crippen LogP contribution in [-0.2, 0) is 0 Å². The van der Waals surface area contributed by atoms with Crippen LogP contribution in [0.5, 0.6) is 0 Å². The van der Waals surface area contributed by atoms with Crippen molar-refractivity contribution in [2.75, 3.05) is 0 Å². The zero-order valence-corrected chi connectivity index (χ0v) is 7.88. The van der Waals surface area contributed by atoms with E-state index < -0.39 is 11.4 Å². The summed E-state index contributed by atoms with van der Waals surface area (Å²) in [5.74, 6) is -0.712. The average molecular weight is 191 g/mol. The van der Waals surface area contributed by atoms with Crippen molar-refractivity contribution >= 4 is 10.9 Å². The number of rotatable bonds is 0. The first-order chi connectivity index (χ1) is 6.59. The number of nitrogens with one attached hydrogen (secondary N) is 1. The first-order valence-corrected chi connectivity index (χ1v) is 4.23. The van der Waals surface area contributed by atoms with Crippen LogP contribution in [0.15, 0.2) is 26.1 Å². The minimum absolute atomic E-state index is 0.410. The lowest BCUT2D eigenvalue weighted by atomic mass is 10.1. The van der Waals surface area contributed by atoms with E-state index in [-0.39, 0.29) is 0 Å². The molecule has 0 bridgehead atoms. The first-order valence-electron chi connectivity index (χ1n) is 4.23. The van der Waals surface area contributed by atoms with Crippen molar-refractivity contribution in [2.24, 2.45) is 0 Å². The predicted octanol–water partition coefficient (Wildman–Crippen LogP) is 1.10. The minimum Gasteiger partial charge on any atom is -0.372 e. The van der Waals surface area contributed by atoms with Crippen LogP contribution in [0.3, 0.4) is 0 Å². The molecule has 0 aliphatic rings. The van der Waals surface area contributed by atoms with Crippen molar-refractivity contribution in [1.82, 2.24) is 4.98 Å². The lowest BCUT2D eigenvalue weighted by Crippen LogP contribution is -2.15. The Hall–Kier alpha value is -1.84. The molecule has 0 spiro atoms. The number of benzene rings is 1. The number of fused-ring (bicyclic) bond motifs is 1. The normalized spacial score (nSPS) is 10.7. The highest BCUT2D eigenvalue weighted by Gasteiger charge is 2.05. The fraction of sp³-hybridized carbons (Fsp3) is 0.200. The van der Waals surface area contributed by atoms with Crippen molar-refractivity contribution in [1.29, 1.82) is 0 Å². The van der Waals surface area contributed by atoms with Crippen LogP contribution in [0.1, 0.15) is 11.1 Å². The Kier molecular flexibility index (Phi) is 1.77. The van der Waals surface area contributed by atoms with Crippen molar-refractivity contribution < 1.29 is 4.42 Å². The molecule has 0 saturated carbocycles. The monoisotopic (exact) mass is 191 g/mol. The van der Waals surface area contributed by atoms with E-state index in [2.05, 4.69) is 9.40 Å². The molecule has 1 heterocycles. The van der Waals surface area contributed by atoms with Gasteiger partial charge in [-0.3, -0.25) is 4.98 Å². The van der Waals surface area contributed by atoms with Crippen molar-refractivity contribution in [2.45, 2.75) is 13.8 Å². The SMILES string of the molecule is Cc1ccc2c(=O)oc(=O)[nH]c2c1C. The van der Waals surface area contributed by atoms with Gasteiger partial charge in [-0.25, -0.2) is 9.59 Å². The van der Waals surface area contributed by atoms with Gasteiger partial charge in [-0.05, 0) is 31.0 Å². The van der Waals surface area contributed by atoms with Crippen LogP contribution in [0.4, 0.5) is 0 Å². The predicted molar refractivity (Wildman–Crippen MR) is 52.6 cm³/mol. The molecule has 0 fully saturated rings. The molecule has 0 aliphatic carbocycles. The van der Waals surface area contributed by atoms with Crippen molar-refractivity contribution in [3.8, 4) is 0 Å². The fourth-order valence-corrected chi connectivity index (χ4v) is 1.41. The lowest BCUT2D eigenvalue weighted by molar-refractivity contribution is 0.460. The summed E-state index contributed by atoms with van der Waals surface area (Å²) in [7, 11) is 0. The zero-order chi connectivity index (χ0) is 10.3. The van der Waals surface area contributed by atoms with E-state index in [1.165, 1.54) is 0 Å². The molecule has 14 heavy (non-hydrogen) atoms. The van der Waals surface area contributed by atoms with Gasteiger partial charge in [0.25, 0.3) is 0 Å². The van der Waals surface area contributed by atoms with Gasteiger partial charge in [-0.1, -0.05) is 6.07 Å². The molecule has 0 atom stereocenters. The Morgan fingerprint density at radius 3 is 2.64 bits per heavy atom. The second-order valence-electron chi connectivity index (χ2n) is 3.23. The van der Waals surface area contributed by atoms with E-state index in [9.17, 15) is 9.59 Å². The van der Waals surface area contributed by atoms with Gasteiger partial charge in [-0.15, -0.1) is 0 Å². The minimum atomic E-state index is -0.712. The third-order valence-corrected chi connectivity index (χ3v) is 2.37. The molecular formula is C10H9NO3. The summed E-state index contributed by atoms with van der Waals surface area (Å²) in [5, 5.41) is 0.410. The second-order valence-corrected chi connectivity index (χ2v) is 3.23. The molecular weight excluding hydrogens is 182 g/mol. The average Bonchev–Trinajstić information content (AvgIpc) is 2.12. The van der Waals surface area contributed by atoms with E-state index >= 15 is 0 Å². The van der Waals surface area contributed by atoms with Gasteiger partial charge < -0.3 is 4.42 Å². The molecule has 1 aromatic carbocycles. The number of aromatic nitrogens is 1. The smallest absolute Gasteiger partial charge is 0.372 e. The highest BCUT2D eigenvalue weighted by Crippen LogP contribution is 2.14. The van der Waals surface area contributed by atoms with Crippen LogP contribution < -0.4 is 11.4 Å². The Bertz CT molecular complexity index is 607. The first kappa shape index (κ1) is 8.74. The zero-order valence-electron chi connectivity index (χ0n) is 7.88. The summed E-state index contributed by atoms with van der Waals surface area (Å²) in [4.78, 5) is 24.7. The van der Waals surface area contributed by atoms with Crippen molar-refractivity contribution in [3.05, 3.63) is 44.2 Å².